The second-order valence-corrected chi connectivity index (χ2v) is 7.39. The summed E-state index contributed by atoms with van der Waals surface area (Å²) in [5.41, 5.74) is -0.965. The summed E-state index contributed by atoms with van der Waals surface area (Å²) in [5, 5.41) is 19.9. The summed E-state index contributed by atoms with van der Waals surface area (Å²) in [5.74, 6) is 2.00. The van der Waals surface area contributed by atoms with Crippen LogP contribution in [0.3, 0.4) is 0 Å². The zero-order valence-electron chi connectivity index (χ0n) is 17.5. The molecule has 1 aromatic rings. The van der Waals surface area contributed by atoms with Crippen LogP contribution >= 0.6 is 24.0 Å². The van der Waals surface area contributed by atoms with Crippen molar-refractivity contribution in [3.8, 4) is 0 Å². The maximum absolute atomic E-state index is 12.1. The first-order valence-electron chi connectivity index (χ1n) is 9.14. The zero-order chi connectivity index (χ0) is 20.0. The van der Waals surface area contributed by atoms with Crippen LogP contribution in [0.15, 0.2) is 15.5 Å². The monoisotopic (exact) mass is 494 g/mol. The number of nitrogens with one attached hydrogen (secondary N) is 3. The van der Waals surface area contributed by atoms with Gasteiger partial charge in [-0.3, -0.25) is 9.79 Å². The van der Waals surface area contributed by atoms with Gasteiger partial charge in [0.15, 0.2) is 5.96 Å². The lowest BCUT2D eigenvalue weighted by molar-refractivity contribution is -0.128. The zero-order valence-corrected chi connectivity index (χ0v) is 19.9. The molecule has 156 valence electrons. The molecule has 0 saturated heterocycles. The van der Waals surface area contributed by atoms with Crippen molar-refractivity contribution < 1.29 is 14.3 Å². The minimum absolute atomic E-state index is 0. The van der Waals surface area contributed by atoms with Gasteiger partial charge < -0.3 is 25.5 Å². The third-order valence-corrected chi connectivity index (χ3v) is 4.15. The van der Waals surface area contributed by atoms with Gasteiger partial charge in [-0.2, -0.15) is 0 Å². The number of hydrogen-bond donors (Lipinski definition) is 4. The molecule has 1 amide bonds. The smallest absolute Gasteiger partial charge is 0.227 e. The fraction of sp³-hybridized carbons (Fsp3) is 0.684. The normalized spacial score (nSPS) is 14.1. The minimum atomic E-state index is -1.10. The SMILES string of the molecule is CCNC(=O)C(C)(C)CN=C(NCC)NCC(C)(O)c1cc(C)oc1C.I. The van der Waals surface area contributed by atoms with Gasteiger partial charge in [-0.1, -0.05) is 0 Å². The van der Waals surface area contributed by atoms with E-state index < -0.39 is 11.0 Å². The fourth-order valence-corrected chi connectivity index (χ4v) is 2.61. The first-order valence-corrected chi connectivity index (χ1v) is 9.14. The van der Waals surface area contributed by atoms with Gasteiger partial charge in [0.2, 0.25) is 5.91 Å². The number of guanidine groups is 1. The molecular weight excluding hydrogens is 459 g/mol. The average molecular weight is 494 g/mol. The number of hydrogen-bond acceptors (Lipinski definition) is 4. The predicted molar refractivity (Wildman–Crippen MR) is 120 cm³/mol. The molecule has 0 bridgehead atoms. The van der Waals surface area contributed by atoms with E-state index in [1.165, 1.54) is 0 Å². The first-order chi connectivity index (χ1) is 12.0. The molecule has 0 radical (unpaired) electrons. The largest absolute Gasteiger partial charge is 0.466 e. The van der Waals surface area contributed by atoms with Crippen molar-refractivity contribution in [3.63, 3.8) is 0 Å². The summed E-state index contributed by atoms with van der Waals surface area (Å²) in [6.07, 6.45) is 0. The number of aliphatic hydroxyl groups is 1. The van der Waals surface area contributed by atoms with E-state index in [0.717, 1.165) is 11.3 Å². The molecule has 7 nitrogen and oxygen atoms in total. The van der Waals surface area contributed by atoms with Gasteiger partial charge in [0.25, 0.3) is 0 Å². The summed E-state index contributed by atoms with van der Waals surface area (Å²) in [4.78, 5) is 16.6. The molecule has 1 atom stereocenters. The highest BCUT2D eigenvalue weighted by Crippen LogP contribution is 2.26. The van der Waals surface area contributed by atoms with Crippen molar-refractivity contribution in [2.24, 2.45) is 10.4 Å². The Balaban J connectivity index is 0.00000676. The molecule has 0 aliphatic carbocycles. The number of aliphatic imine (C=N–C) groups is 1. The van der Waals surface area contributed by atoms with Gasteiger partial charge in [0, 0.05) is 18.7 Å². The van der Waals surface area contributed by atoms with Gasteiger partial charge in [0.05, 0.1) is 18.5 Å². The fourth-order valence-electron chi connectivity index (χ4n) is 2.61. The van der Waals surface area contributed by atoms with Crippen molar-refractivity contribution in [1.82, 2.24) is 16.0 Å². The van der Waals surface area contributed by atoms with Gasteiger partial charge in [-0.25, -0.2) is 0 Å². The molecule has 27 heavy (non-hydrogen) atoms. The van der Waals surface area contributed by atoms with Crippen molar-refractivity contribution in [1.29, 1.82) is 0 Å². The van der Waals surface area contributed by atoms with Crippen LogP contribution in [0.2, 0.25) is 0 Å². The van der Waals surface area contributed by atoms with Gasteiger partial charge in [-0.05, 0) is 54.5 Å². The Morgan fingerprint density at radius 3 is 2.22 bits per heavy atom. The maximum atomic E-state index is 12.1. The van der Waals surface area contributed by atoms with Crippen molar-refractivity contribution in [3.05, 3.63) is 23.2 Å². The molecule has 1 aromatic heterocycles. The van der Waals surface area contributed by atoms with Crippen LogP contribution in [-0.4, -0.2) is 43.2 Å². The number of aryl methyl sites for hydroxylation is 2. The minimum Gasteiger partial charge on any atom is -0.466 e. The quantitative estimate of drug-likeness (QED) is 0.253. The lowest BCUT2D eigenvalue weighted by Crippen LogP contribution is -2.45. The molecule has 0 aliphatic rings. The topological polar surface area (TPSA) is 98.9 Å². The summed E-state index contributed by atoms with van der Waals surface area (Å²) >= 11 is 0. The van der Waals surface area contributed by atoms with Crippen molar-refractivity contribution >= 4 is 35.8 Å². The van der Waals surface area contributed by atoms with Crippen molar-refractivity contribution in [2.45, 2.75) is 54.1 Å². The standard InChI is InChI=1S/C19H34N4O3.HI/c1-8-20-16(24)18(5,6)11-22-17(21-9-2)23-12-19(7,25)15-10-13(3)26-14(15)4;/h10,25H,8-9,11-12H2,1-7H3,(H,20,24)(H2,21,22,23);1H. The van der Waals surface area contributed by atoms with E-state index in [1.54, 1.807) is 6.92 Å². The van der Waals surface area contributed by atoms with Crippen LogP contribution in [0.1, 0.15) is 51.7 Å². The Kier molecular flexibility index (Phi) is 10.4. The van der Waals surface area contributed by atoms with E-state index in [0.29, 0.717) is 31.4 Å². The molecule has 1 rings (SSSR count). The highest BCUT2D eigenvalue weighted by molar-refractivity contribution is 14.0. The van der Waals surface area contributed by atoms with E-state index >= 15 is 0 Å². The third kappa shape index (κ3) is 7.69. The summed E-state index contributed by atoms with van der Waals surface area (Å²) in [6, 6.07) is 1.85. The average Bonchev–Trinajstić information content (AvgIpc) is 2.90. The molecule has 4 N–H and O–H groups in total. The second kappa shape index (κ2) is 10.9. The van der Waals surface area contributed by atoms with E-state index in [1.807, 2.05) is 47.6 Å². The van der Waals surface area contributed by atoms with E-state index in [2.05, 4.69) is 20.9 Å². The predicted octanol–water partition coefficient (Wildman–Crippen LogP) is 2.44. The van der Waals surface area contributed by atoms with Crippen LogP contribution in [0.25, 0.3) is 0 Å². The Labute approximate surface area is 179 Å². The number of rotatable bonds is 8. The Morgan fingerprint density at radius 2 is 1.74 bits per heavy atom. The first kappa shape index (κ1) is 25.7. The Bertz CT molecular complexity index is 639. The summed E-state index contributed by atoms with van der Waals surface area (Å²) < 4.78 is 5.52. The van der Waals surface area contributed by atoms with Gasteiger partial charge in [-0.15, -0.1) is 24.0 Å². The maximum Gasteiger partial charge on any atom is 0.227 e. The third-order valence-electron chi connectivity index (χ3n) is 4.15. The molecule has 0 spiro atoms. The van der Waals surface area contributed by atoms with Crippen LogP contribution in [0, 0.1) is 19.3 Å². The Morgan fingerprint density at radius 1 is 1.15 bits per heavy atom. The van der Waals surface area contributed by atoms with Crippen LogP contribution < -0.4 is 16.0 Å². The molecule has 0 saturated carbocycles. The molecule has 1 heterocycles. The van der Waals surface area contributed by atoms with Gasteiger partial charge >= 0.3 is 0 Å². The van der Waals surface area contributed by atoms with E-state index in [4.69, 9.17) is 4.42 Å². The summed E-state index contributed by atoms with van der Waals surface area (Å²) in [7, 11) is 0. The van der Waals surface area contributed by atoms with Crippen molar-refractivity contribution in [2.75, 3.05) is 26.2 Å². The Hall–Kier alpha value is -1.29. The molecule has 0 fully saturated rings. The second-order valence-electron chi connectivity index (χ2n) is 7.39. The molecule has 0 aliphatic heterocycles. The highest BCUT2D eigenvalue weighted by Gasteiger charge is 2.29. The van der Waals surface area contributed by atoms with E-state index in [9.17, 15) is 9.90 Å². The number of nitrogens with zero attached hydrogens (tertiary/aromatic N) is 1. The lowest BCUT2D eigenvalue weighted by atomic mass is 9.92. The number of halogens is 1. The lowest BCUT2D eigenvalue weighted by Gasteiger charge is -2.25. The molecule has 1 unspecified atom stereocenters. The summed E-state index contributed by atoms with van der Waals surface area (Å²) in [6.45, 7) is 14.9. The number of amides is 1. The van der Waals surface area contributed by atoms with Crippen LogP contribution in [-0.2, 0) is 10.4 Å². The van der Waals surface area contributed by atoms with Gasteiger partial charge in [0.1, 0.15) is 17.1 Å². The number of carbonyl (C=O) groups excluding carboxylic acids is 1. The highest BCUT2D eigenvalue weighted by atomic mass is 127. The molecular formula is C19H35IN4O3. The number of carbonyl (C=O) groups is 1. The van der Waals surface area contributed by atoms with E-state index in [-0.39, 0.29) is 36.4 Å². The van der Waals surface area contributed by atoms with Crippen LogP contribution in [0.4, 0.5) is 0 Å². The molecule has 0 aromatic carbocycles. The number of furan rings is 1. The molecule has 8 heteroatoms. The van der Waals surface area contributed by atoms with Crippen LogP contribution in [0.5, 0.6) is 0 Å².